The first-order valence-corrected chi connectivity index (χ1v) is 9.81. The predicted molar refractivity (Wildman–Crippen MR) is 102 cm³/mol. The highest BCUT2D eigenvalue weighted by molar-refractivity contribution is 7.89. The number of hydrogen-bond donors (Lipinski definition) is 4. The lowest BCUT2D eigenvalue weighted by molar-refractivity contribution is -0.384. The van der Waals surface area contributed by atoms with E-state index in [1.807, 2.05) is 0 Å². The van der Waals surface area contributed by atoms with Gasteiger partial charge in [0.15, 0.2) is 0 Å². The van der Waals surface area contributed by atoms with Gasteiger partial charge in [0, 0.05) is 18.7 Å². The summed E-state index contributed by atoms with van der Waals surface area (Å²) >= 11 is 0. The summed E-state index contributed by atoms with van der Waals surface area (Å²) in [7, 11) is -3.89. The highest BCUT2D eigenvalue weighted by Gasteiger charge is 2.31. The Morgan fingerprint density at radius 2 is 1.93 bits per heavy atom. The number of carbonyl (C=O) groups is 2. The lowest BCUT2D eigenvalue weighted by Gasteiger charge is -2.27. The van der Waals surface area contributed by atoms with Crippen LogP contribution < -0.4 is 15.4 Å². The summed E-state index contributed by atoms with van der Waals surface area (Å²) in [5.74, 6) is -1.87. The second-order valence-corrected chi connectivity index (χ2v) is 7.97. The molecule has 0 fully saturated rings. The first kappa shape index (κ1) is 20.2. The van der Waals surface area contributed by atoms with Crippen molar-refractivity contribution in [1.29, 1.82) is 0 Å². The summed E-state index contributed by atoms with van der Waals surface area (Å²) in [6.07, 6.45) is -0.516. The molecule has 1 amide bonds. The zero-order valence-electron chi connectivity index (χ0n) is 14.8. The van der Waals surface area contributed by atoms with Crippen LogP contribution >= 0.6 is 0 Å². The standard InChI is InChI=1S/C17H16N4O7S/c22-15(23)8-14-17(24)20-13-7-11(21(25)26)6-10(16(13)19-14)9-18-29(27,28)12-4-2-1-3-5-12/h1-7,14,18-19H,8-9H2,(H,20,24)(H,22,23). The lowest BCUT2D eigenvalue weighted by Crippen LogP contribution is -2.41. The monoisotopic (exact) mass is 420 g/mol. The Kier molecular flexibility index (Phi) is 5.48. The number of amides is 1. The maximum Gasteiger partial charge on any atom is 0.305 e. The Morgan fingerprint density at radius 3 is 2.55 bits per heavy atom. The number of sulfonamides is 1. The molecule has 4 N–H and O–H groups in total. The van der Waals surface area contributed by atoms with Crippen molar-refractivity contribution in [3.63, 3.8) is 0 Å². The Bertz CT molecular complexity index is 1090. The van der Waals surface area contributed by atoms with Crippen LogP contribution in [0.25, 0.3) is 0 Å². The topological polar surface area (TPSA) is 168 Å². The number of benzene rings is 2. The molecule has 0 saturated carbocycles. The second-order valence-electron chi connectivity index (χ2n) is 6.21. The molecule has 12 heteroatoms. The quantitative estimate of drug-likeness (QED) is 0.384. The third-order valence-electron chi connectivity index (χ3n) is 4.19. The van der Waals surface area contributed by atoms with Gasteiger partial charge in [0.1, 0.15) is 6.04 Å². The summed E-state index contributed by atoms with van der Waals surface area (Å²) in [5, 5.41) is 25.3. The van der Waals surface area contributed by atoms with Crippen LogP contribution in [0.15, 0.2) is 47.4 Å². The SMILES string of the molecule is O=C(O)CC1Nc2c(CNS(=O)(=O)c3ccccc3)cc([N+](=O)[O-])cc2NC1=O. The fourth-order valence-corrected chi connectivity index (χ4v) is 3.86. The van der Waals surface area contributed by atoms with Crippen LogP contribution in [0.1, 0.15) is 12.0 Å². The number of nitro groups is 1. The molecular formula is C17H16N4O7S. The minimum Gasteiger partial charge on any atom is -0.481 e. The summed E-state index contributed by atoms with van der Waals surface area (Å²) in [5.41, 5.74) is 0.123. The van der Waals surface area contributed by atoms with Gasteiger partial charge in [-0.1, -0.05) is 18.2 Å². The van der Waals surface area contributed by atoms with Gasteiger partial charge in [0.05, 0.1) is 27.6 Å². The molecule has 0 aliphatic carbocycles. The fraction of sp³-hybridized carbons (Fsp3) is 0.176. The second kappa shape index (κ2) is 7.85. The van der Waals surface area contributed by atoms with Gasteiger partial charge in [-0.3, -0.25) is 19.7 Å². The summed E-state index contributed by atoms with van der Waals surface area (Å²) in [6, 6.07) is 8.73. The van der Waals surface area contributed by atoms with Crippen LogP contribution in [0.5, 0.6) is 0 Å². The number of nitrogens with one attached hydrogen (secondary N) is 3. The molecule has 29 heavy (non-hydrogen) atoms. The summed E-state index contributed by atoms with van der Waals surface area (Å²) < 4.78 is 27.2. The average Bonchev–Trinajstić information content (AvgIpc) is 2.67. The first-order chi connectivity index (χ1) is 13.7. The van der Waals surface area contributed by atoms with Crippen molar-refractivity contribution in [2.24, 2.45) is 0 Å². The summed E-state index contributed by atoms with van der Waals surface area (Å²) in [6.45, 7) is -0.316. The highest BCUT2D eigenvalue weighted by atomic mass is 32.2. The maximum atomic E-state index is 12.4. The first-order valence-electron chi connectivity index (χ1n) is 8.32. The van der Waals surface area contributed by atoms with Gasteiger partial charge in [-0.25, -0.2) is 13.1 Å². The zero-order chi connectivity index (χ0) is 21.2. The molecule has 2 aromatic rings. The number of anilines is 2. The molecule has 0 aromatic heterocycles. The van der Waals surface area contributed by atoms with Crippen LogP contribution in [0, 0.1) is 10.1 Å². The zero-order valence-corrected chi connectivity index (χ0v) is 15.6. The van der Waals surface area contributed by atoms with Crippen molar-refractivity contribution in [3.8, 4) is 0 Å². The van der Waals surface area contributed by atoms with E-state index in [1.165, 1.54) is 12.1 Å². The number of fused-ring (bicyclic) bond motifs is 1. The van der Waals surface area contributed by atoms with Crippen LogP contribution in [0.2, 0.25) is 0 Å². The smallest absolute Gasteiger partial charge is 0.305 e. The molecule has 152 valence electrons. The number of carboxylic acid groups (broad SMARTS) is 1. The number of nitro benzene ring substituents is 1. The Balaban J connectivity index is 1.94. The van der Waals surface area contributed by atoms with E-state index in [1.54, 1.807) is 18.2 Å². The van der Waals surface area contributed by atoms with Gasteiger partial charge in [-0.05, 0) is 17.7 Å². The van der Waals surface area contributed by atoms with E-state index in [4.69, 9.17) is 5.11 Å². The molecule has 1 heterocycles. The third-order valence-corrected chi connectivity index (χ3v) is 5.61. The molecule has 1 unspecified atom stereocenters. The van der Waals surface area contributed by atoms with E-state index in [0.29, 0.717) is 0 Å². The molecule has 1 atom stereocenters. The Morgan fingerprint density at radius 1 is 1.24 bits per heavy atom. The van der Waals surface area contributed by atoms with Crippen molar-refractivity contribution >= 4 is 39.0 Å². The van der Waals surface area contributed by atoms with Crippen LogP contribution in [-0.4, -0.2) is 36.4 Å². The molecule has 0 bridgehead atoms. The van der Waals surface area contributed by atoms with Crippen LogP contribution in [0.4, 0.5) is 17.1 Å². The molecule has 3 rings (SSSR count). The van der Waals surface area contributed by atoms with Crippen molar-refractivity contribution < 1.29 is 28.0 Å². The van der Waals surface area contributed by atoms with Crippen molar-refractivity contribution in [2.75, 3.05) is 10.6 Å². The molecule has 1 aliphatic rings. The molecule has 2 aromatic carbocycles. The van der Waals surface area contributed by atoms with Gasteiger partial charge in [-0.15, -0.1) is 0 Å². The molecular weight excluding hydrogens is 404 g/mol. The minimum atomic E-state index is -3.89. The number of non-ortho nitro benzene ring substituents is 1. The van der Waals surface area contributed by atoms with Gasteiger partial charge in [0.25, 0.3) is 5.69 Å². The number of hydrogen-bond acceptors (Lipinski definition) is 7. The number of nitrogens with zero attached hydrogens (tertiary/aromatic N) is 1. The van der Waals surface area contributed by atoms with Crippen LogP contribution in [0.3, 0.4) is 0 Å². The number of carboxylic acids is 1. The molecule has 0 saturated heterocycles. The van der Waals surface area contributed by atoms with Crippen molar-refractivity contribution in [1.82, 2.24) is 4.72 Å². The van der Waals surface area contributed by atoms with Crippen LogP contribution in [-0.2, 0) is 26.2 Å². The van der Waals surface area contributed by atoms with Crippen molar-refractivity contribution in [2.45, 2.75) is 23.9 Å². The number of rotatable bonds is 7. The van der Waals surface area contributed by atoms with E-state index in [-0.39, 0.29) is 34.1 Å². The molecule has 0 radical (unpaired) electrons. The van der Waals surface area contributed by atoms with E-state index >= 15 is 0 Å². The largest absolute Gasteiger partial charge is 0.481 e. The van der Waals surface area contributed by atoms with E-state index in [2.05, 4.69) is 15.4 Å². The van der Waals surface area contributed by atoms with Gasteiger partial charge in [-0.2, -0.15) is 0 Å². The normalized spacial score (nSPS) is 15.7. The van der Waals surface area contributed by atoms with Gasteiger partial charge < -0.3 is 15.7 Å². The number of carbonyl (C=O) groups excluding carboxylic acids is 1. The van der Waals surface area contributed by atoms with E-state index < -0.39 is 39.3 Å². The van der Waals surface area contributed by atoms with E-state index in [0.717, 1.165) is 12.1 Å². The number of aliphatic carboxylic acids is 1. The van der Waals surface area contributed by atoms with Crippen molar-refractivity contribution in [3.05, 3.63) is 58.1 Å². The average molecular weight is 420 g/mol. The molecule has 0 spiro atoms. The Labute approximate surface area is 164 Å². The molecule has 11 nitrogen and oxygen atoms in total. The summed E-state index contributed by atoms with van der Waals surface area (Å²) in [4.78, 5) is 33.6. The fourth-order valence-electron chi connectivity index (χ4n) is 2.83. The van der Waals surface area contributed by atoms with Gasteiger partial charge >= 0.3 is 5.97 Å². The predicted octanol–water partition coefficient (Wildman–Crippen LogP) is 1.28. The highest BCUT2D eigenvalue weighted by Crippen LogP contribution is 2.35. The Hall–Kier alpha value is -3.51. The lowest BCUT2D eigenvalue weighted by atomic mass is 10.0. The van der Waals surface area contributed by atoms with E-state index in [9.17, 15) is 28.1 Å². The molecule has 1 aliphatic heterocycles. The van der Waals surface area contributed by atoms with Gasteiger partial charge in [0.2, 0.25) is 15.9 Å². The minimum absolute atomic E-state index is 0.0179. The third kappa shape index (κ3) is 4.50. The maximum absolute atomic E-state index is 12.4.